The first-order valence-corrected chi connectivity index (χ1v) is 7.40. The summed E-state index contributed by atoms with van der Waals surface area (Å²) in [6.45, 7) is 3.98. The zero-order valence-corrected chi connectivity index (χ0v) is 11.8. The summed E-state index contributed by atoms with van der Waals surface area (Å²) in [5, 5.41) is 3.37. The molecule has 0 heterocycles. The molecule has 1 aliphatic rings. The second kappa shape index (κ2) is 6.61. The van der Waals surface area contributed by atoms with Gasteiger partial charge >= 0.3 is 6.18 Å². The van der Waals surface area contributed by atoms with Crippen LogP contribution in [0.15, 0.2) is 24.3 Å². The summed E-state index contributed by atoms with van der Waals surface area (Å²) >= 11 is 0. The molecule has 2 rings (SSSR count). The van der Waals surface area contributed by atoms with Crippen molar-refractivity contribution < 1.29 is 13.2 Å². The predicted octanol–water partition coefficient (Wildman–Crippen LogP) is 4.59. The van der Waals surface area contributed by atoms with E-state index in [1.165, 1.54) is 31.4 Å². The molecule has 112 valence electrons. The summed E-state index contributed by atoms with van der Waals surface area (Å²) in [6, 6.07) is 5.76. The highest BCUT2D eigenvalue weighted by Gasteiger charge is 2.31. The van der Waals surface area contributed by atoms with Crippen molar-refractivity contribution in [1.82, 2.24) is 5.32 Å². The third kappa shape index (κ3) is 3.75. The van der Waals surface area contributed by atoms with Crippen LogP contribution in [0, 0.1) is 5.92 Å². The van der Waals surface area contributed by atoms with Crippen molar-refractivity contribution in [3.63, 3.8) is 0 Å². The monoisotopic (exact) mass is 285 g/mol. The molecular formula is C16H22F3N. The van der Waals surface area contributed by atoms with Gasteiger partial charge in [-0.3, -0.25) is 0 Å². The number of alkyl halides is 3. The average Bonchev–Trinajstić information content (AvgIpc) is 2.45. The Balaban J connectivity index is 2.11. The highest BCUT2D eigenvalue weighted by atomic mass is 19.4. The lowest BCUT2D eigenvalue weighted by Crippen LogP contribution is -2.29. The maximum Gasteiger partial charge on any atom is 0.416 e. The van der Waals surface area contributed by atoms with E-state index in [4.69, 9.17) is 0 Å². The van der Waals surface area contributed by atoms with Crippen LogP contribution < -0.4 is 5.32 Å². The third-order valence-corrected chi connectivity index (χ3v) is 4.23. The van der Waals surface area contributed by atoms with Crippen LogP contribution in [0.4, 0.5) is 13.2 Å². The molecule has 1 saturated carbocycles. The average molecular weight is 285 g/mol. The number of nitrogens with one attached hydrogen (secondary N) is 1. The maximum absolute atomic E-state index is 12.6. The molecule has 0 aromatic heterocycles. The summed E-state index contributed by atoms with van der Waals surface area (Å²) in [7, 11) is 0. The maximum atomic E-state index is 12.6. The minimum absolute atomic E-state index is 0.394. The van der Waals surface area contributed by atoms with Crippen LogP contribution in [0.1, 0.15) is 49.7 Å². The molecule has 1 aromatic rings. The van der Waals surface area contributed by atoms with Crippen LogP contribution in [0.2, 0.25) is 0 Å². The molecule has 2 unspecified atom stereocenters. The lowest BCUT2D eigenvalue weighted by Gasteiger charge is -2.32. The van der Waals surface area contributed by atoms with Crippen LogP contribution in [0.5, 0.6) is 0 Å². The van der Waals surface area contributed by atoms with Gasteiger partial charge in [0.15, 0.2) is 0 Å². The van der Waals surface area contributed by atoms with Gasteiger partial charge in [-0.05, 0) is 55.5 Å². The Morgan fingerprint density at radius 1 is 1.10 bits per heavy atom. The second-order valence-electron chi connectivity index (χ2n) is 5.58. The van der Waals surface area contributed by atoms with Crippen molar-refractivity contribution in [3.05, 3.63) is 35.4 Å². The molecule has 0 bridgehead atoms. The molecule has 1 fully saturated rings. The molecule has 1 aromatic carbocycles. The molecule has 0 aliphatic heterocycles. The van der Waals surface area contributed by atoms with Crippen LogP contribution >= 0.6 is 0 Å². The van der Waals surface area contributed by atoms with E-state index in [2.05, 4.69) is 12.2 Å². The van der Waals surface area contributed by atoms with Crippen LogP contribution in [-0.2, 0) is 6.18 Å². The fourth-order valence-electron chi connectivity index (χ4n) is 3.14. The minimum Gasteiger partial charge on any atom is -0.317 e. The zero-order valence-electron chi connectivity index (χ0n) is 11.8. The van der Waals surface area contributed by atoms with Crippen molar-refractivity contribution in [3.8, 4) is 0 Å². The lowest BCUT2D eigenvalue weighted by molar-refractivity contribution is -0.137. The van der Waals surface area contributed by atoms with Crippen molar-refractivity contribution in [1.29, 1.82) is 0 Å². The van der Waals surface area contributed by atoms with E-state index < -0.39 is 11.7 Å². The van der Waals surface area contributed by atoms with E-state index in [0.29, 0.717) is 11.8 Å². The Hall–Kier alpha value is -1.03. The first-order valence-electron chi connectivity index (χ1n) is 7.40. The van der Waals surface area contributed by atoms with E-state index in [9.17, 15) is 13.2 Å². The number of benzene rings is 1. The highest BCUT2D eigenvalue weighted by Crippen LogP contribution is 2.38. The molecular weight excluding hydrogens is 263 g/mol. The molecule has 1 nitrogen and oxygen atoms in total. The second-order valence-corrected chi connectivity index (χ2v) is 5.58. The minimum atomic E-state index is -4.24. The highest BCUT2D eigenvalue weighted by molar-refractivity contribution is 5.28. The van der Waals surface area contributed by atoms with Gasteiger partial charge in [0.05, 0.1) is 5.56 Å². The van der Waals surface area contributed by atoms with Gasteiger partial charge in [-0.2, -0.15) is 13.2 Å². The molecule has 20 heavy (non-hydrogen) atoms. The Kier molecular flexibility index (Phi) is 5.08. The van der Waals surface area contributed by atoms with E-state index in [1.54, 1.807) is 12.1 Å². The molecule has 0 saturated heterocycles. The van der Waals surface area contributed by atoms with E-state index >= 15 is 0 Å². The molecule has 4 heteroatoms. The standard InChI is InChI=1S/C16H22F3N/c1-2-20-11-13-5-3-4-6-15(13)12-7-9-14(10-8-12)16(17,18)19/h7-10,13,15,20H,2-6,11H2,1H3. The normalized spacial score (nSPS) is 23.8. The Morgan fingerprint density at radius 2 is 1.75 bits per heavy atom. The topological polar surface area (TPSA) is 12.0 Å². The van der Waals surface area contributed by atoms with E-state index in [1.807, 2.05) is 0 Å². The SMILES string of the molecule is CCNCC1CCCCC1c1ccc(C(F)(F)F)cc1. The van der Waals surface area contributed by atoms with Crippen molar-refractivity contribution in [2.75, 3.05) is 13.1 Å². The summed E-state index contributed by atoms with van der Waals surface area (Å²) in [6.07, 6.45) is 0.413. The first-order chi connectivity index (χ1) is 9.52. The zero-order chi connectivity index (χ0) is 14.6. The third-order valence-electron chi connectivity index (χ3n) is 4.23. The smallest absolute Gasteiger partial charge is 0.317 e. The summed E-state index contributed by atoms with van der Waals surface area (Å²) in [5.74, 6) is 0.936. The van der Waals surface area contributed by atoms with Gasteiger partial charge in [-0.1, -0.05) is 31.9 Å². The van der Waals surface area contributed by atoms with Crippen LogP contribution in [0.25, 0.3) is 0 Å². The Morgan fingerprint density at radius 3 is 2.35 bits per heavy atom. The van der Waals surface area contributed by atoms with Gasteiger partial charge in [0.25, 0.3) is 0 Å². The van der Waals surface area contributed by atoms with Crippen LogP contribution in [-0.4, -0.2) is 13.1 Å². The van der Waals surface area contributed by atoms with Gasteiger partial charge in [0, 0.05) is 0 Å². The van der Waals surface area contributed by atoms with Gasteiger partial charge in [0.2, 0.25) is 0 Å². The van der Waals surface area contributed by atoms with Crippen molar-refractivity contribution >= 4 is 0 Å². The van der Waals surface area contributed by atoms with Gasteiger partial charge in [-0.25, -0.2) is 0 Å². The molecule has 2 atom stereocenters. The Labute approximate surface area is 118 Å². The van der Waals surface area contributed by atoms with Gasteiger partial charge in [0.1, 0.15) is 0 Å². The number of rotatable bonds is 4. The molecule has 1 N–H and O–H groups in total. The quantitative estimate of drug-likeness (QED) is 0.853. The number of hydrogen-bond donors (Lipinski definition) is 1. The summed E-state index contributed by atoms with van der Waals surface area (Å²) < 4.78 is 37.8. The van der Waals surface area contributed by atoms with Gasteiger partial charge < -0.3 is 5.32 Å². The number of halogens is 3. The number of hydrogen-bond acceptors (Lipinski definition) is 1. The molecule has 0 radical (unpaired) electrons. The fraction of sp³-hybridized carbons (Fsp3) is 0.625. The van der Waals surface area contributed by atoms with Crippen LogP contribution in [0.3, 0.4) is 0 Å². The first kappa shape index (κ1) is 15.4. The summed E-state index contributed by atoms with van der Waals surface area (Å²) in [4.78, 5) is 0. The fourth-order valence-corrected chi connectivity index (χ4v) is 3.14. The van der Waals surface area contributed by atoms with E-state index in [0.717, 1.165) is 25.1 Å². The van der Waals surface area contributed by atoms with Crippen molar-refractivity contribution in [2.24, 2.45) is 5.92 Å². The van der Waals surface area contributed by atoms with Gasteiger partial charge in [-0.15, -0.1) is 0 Å². The summed E-state index contributed by atoms with van der Waals surface area (Å²) in [5.41, 5.74) is 0.501. The molecule has 0 spiro atoms. The Bertz CT molecular complexity index is 411. The van der Waals surface area contributed by atoms with E-state index in [-0.39, 0.29) is 0 Å². The lowest BCUT2D eigenvalue weighted by atomic mass is 9.75. The largest absolute Gasteiger partial charge is 0.416 e. The molecule has 0 amide bonds. The molecule has 1 aliphatic carbocycles. The predicted molar refractivity (Wildman–Crippen MR) is 74.7 cm³/mol. The van der Waals surface area contributed by atoms with Crippen molar-refractivity contribution in [2.45, 2.75) is 44.7 Å².